The van der Waals surface area contributed by atoms with Gasteiger partial charge in [0.1, 0.15) is 12.6 Å². The maximum atomic E-state index is 12.6. The fourth-order valence-corrected chi connectivity index (χ4v) is 4.40. The van der Waals surface area contributed by atoms with Crippen LogP contribution >= 0.6 is 0 Å². The number of amides is 2. The molecule has 3 aromatic carbocycles. The van der Waals surface area contributed by atoms with Gasteiger partial charge in [-0.1, -0.05) is 74.9 Å². The predicted molar refractivity (Wildman–Crippen MR) is 133 cm³/mol. The van der Waals surface area contributed by atoms with E-state index in [1.54, 1.807) is 25.1 Å². The van der Waals surface area contributed by atoms with Crippen molar-refractivity contribution >= 4 is 23.7 Å². The van der Waals surface area contributed by atoms with Gasteiger partial charge in [-0.25, -0.2) is 9.59 Å². The Hall–Kier alpha value is -4.13. The van der Waals surface area contributed by atoms with E-state index in [1.807, 2.05) is 43.3 Å². The highest BCUT2D eigenvalue weighted by Gasteiger charge is 2.29. The Kier molecular flexibility index (Phi) is 7.15. The number of aliphatic carboxylic acids is 1. The highest BCUT2D eigenvalue weighted by atomic mass is 16.5. The van der Waals surface area contributed by atoms with Gasteiger partial charge < -0.3 is 15.2 Å². The van der Waals surface area contributed by atoms with Gasteiger partial charge in [-0.15, -0.1) is 0 Å². The summed E-state index contributed by atoms with van der Waals surface area (Å²) in [5.74, 6) is -1.88. The second-order valence-corrected chi connectivity index (χ2v) is 8.71. The Labute approximate surface area is 204 Å². The second kappa shape index (κ2) is 10.4. The van der Waals surface area contributed by atoms with Crippen molar-refractivity contribution in [2.45, 2.75) is 32.2 Å². The molecule has 7 heteroatoms. The summed E-state index contributed by atoms with van der Waals surface area (Å²) in [6.45, 7) is 3.81. The third kappa shape index (κ3) is 5.19. The number of hydrogen-bond acceptors (Lipinski definition) is 4. The summed E-state index contributed by atoms with van der Waals surface area (Å²) >= 11 is 0. The van der Waals surface area contributed by atoms with E-state index in [4.69, 9.17) is 4.74 Å². The van der Waals surface area contributed by atoms with Gasteiger partial charge in [0.25, 0.3) is 5.91 Å². The van der Waals surface area contributed by atoms with E-state index in [0.29, 0.717) is 12.1 Å². The number of carbonyl (C=O) groups excluding carboxylic acids is 2. The zero-order valence-electron chi connectivity index (χ0n) is 19.7. The van der Waals surface area contributed by atoms with Gasteiger partial charge in [0, 0.05) is 17.2 Å². The van der Waals surface area contributed by atoms with Crippen LogP contribution in [0, 0.1) is 5.92 Å². The summed E-state index contributed by atoms with van der Waals surface area (Å²) in [5.41, 5.74) is 5.16. The number of carbonyl (C=O) groups is 3. The summed E-state index contributed by atoms with van der Waals surface area (Å²) in [6, 6.07) is 21.5. The van der Waals surface area contributed by atoms with Crippen molar-refractivity contribution in [3.8, 4) is 11.1 Å². The molecule has 0 radical (unpaired) electrons. The molecule has 1 aliphatic rings. The van der Waals surface area contributed by atoms with Crippen molar-refractivity contribution < 1.29 is 24.2 Å². The number of fused-ring (bicyclic) bond motifs is 3. The summed E-state index contributed by atoms with van der Waals surface area (Å²) in [6.07, 6.45) is -0.0203. The standard InChI is InChI=1S/C28H28N2O5/c1-3-17(2)25(27(32)33)30-26(31)18-9-8-10-19(15-18)29-28(34)35-16-24-22-13-6-4-11-20(22)21-12-5-7-14-23(21)24/h4-15,17,24-25H,3,16H2,1-2H3,(H,29,34)(H,30,31)(H,32,33). The van der Waals surface area contributed by atoms with E-state index in [-0.39, 0.29) is 24.0 Å². The van der Waals surface area contributed by atoms with Gasteiger partial charge in [-0.2, -0.15) is 0 Å². The van der Waals surface area contributed by atoms with Crippen LogP contribution < -0.4 is 10.6 Å². The van der Waals surface area contributed by atoms with Crippen LogP contribution in [0.4, 0.5) is 10.5 Å². The van der Waals surface area contributed by atoms with E-state index in [2.05, 4.69) is 22.8 Å². The Morgan fingerprint density at radius 1 is 0.943 bits per heavy atom. The molecule has 2 atom stereocenters. The van der Waals surface area contributed by atoms with E-state index in [1.165, 1.54) is 6.07 Å². The third-order valence-corrected chi connectivity index (χ3v) is 6.48. The van der Waals surface area contributed by atoms with Crippen LogP contribution in [0.3, 0.4) is 0 Å². The first kappa shape index (κ1) is 24.0. The van der Waals surface area contributed by atoms with E-state index >= 15 is 0 Å². The molecule has 1 aliphatic carbocycles. The highest BCUT2D eigenvalue weighted by molar-refractivity contribution is 5.98. The molecule has 0 heterocycles. The average molecular weight is 473 g/mol. The molecule has 3 aromatic rings. The summed E-state index contributed by atoms with van der Waals surface area (Å²) in [5, 5.41) is 14.7. The van der Waals surface area contributed by atoms with Crippen molar-refractivity contribution in [1.82, 2.24) is 5.32 Å². The van der Waals surface area contributed by atoms with Crippen LogP contribution in [0.2, 0.25) is 0 Å². The van der Waals surface area contributed by atoms with Crippen LogP contribution in [0.5, 0.6) is 0 Å². The normalized spacial score (nSPS) is 13.8. The summed E-state index contributed by atoms with van der Waals surface area (Å²) in [4.78, 5) is 36.7. The van der Waals surface area contributed by atoms with Gasteiger partial charge in [-0.05, 0) is 46.4 Å². The van der Waals surface area contributed by atoms with Crippen LogP contribution in [0.25, 0.3) is 11.1 Å². The molecule has 0 saturated heterocycles. The fourth-order valence-electron chi connectivity index (χ4n) is 4.40. The fraction of sp³-hybridized carbons (Fsp3) is 0.250. The minimum atomic E-state index is -1.08. The smallest absolute Gasteiger partial charge is 0.411 e. The van der Waals surface area contributed by atoms with Crippen molar-refractivity contribution in [1.29, 1.82) is 0 Å². The largest absolute Gasteiger partial charge is 0.480 e. The topological polar surface area (TPSA) is 105 Å². The number of nitrogens with one attached hydrogen (secondary N) is 2. The summed E-state index contributed by atoms with van der Waals surface area (Å²) < 4.78 is 5.56. The second-order valence-electron chi connectivity index (χ2n) is 8.71. The Morgan fingerprint density at radius 2 is 1.57 bits per heavy atom. The lowest BCUT2D eigenvalue weighted by molar-refractivity contribution is -0.140. The van der Waals surface area contributed by atoms with Crippen LogP contribution in [0.15, 0.2) is 72.8 Å². The molecule has 7 nitrogen and oxygen atoms in total. The van der Waals surface area contributed by atoms with Gasteiger partial charge in [-0.3, -0.25) is 10.1 Å². The Morgan fingerprint density at radius 3 is 2.17 bits per heavy atom. The zero-order chi connectivity index (χ0) is 24.9. The van der Waals surface area contributed by atoms with Crippen LogP contribution in [-0.2, 0) is 9.53 Å². The Bertz CT molecular complexity index is 1210. The molecule has 180 valence electrons. The SMILES string of the molecule is CCC(C)C(NC(=O)c1cccc(NC(=O)OCC2c3ccccc3-c3ccccc32)c1)C(=O)O. The minimum absolute atomic E-state index is 0.0567. The van der Waals surface area contributed by atoms with Gasteiger partial charge in [0.05, 0.1) is 0 Å². The number of hydrogen-bond donors (Lipinski definition) is 3. The minimum Gasteiger partial charge on any atom is -0.480 e. The highest BCUT2D eigenvalue weighted by Crippen LogP contribution is 2.44. The van der Waals surface area contributed by atoms with Crippen molar-refractivity contribution in [3.05, 3.63) is 89.5 Å². The lowest BCUT2D eigenvalue weighted by Crippen LogP contribution is -2.45. The summed E-state index contributed by atoms with van der Waals surface area (Å²) in [7, 11) is 0. The molecular weight excluding hydrogens is 444 g/mol. The zero-order valence-corrected chi connectivity index (χ0v) is 19.7. The maximum Gasteiger partial charge on any atom is 0.411 e. The molecule has 0 bridgehead atoms. The van der Waals surface area contributed by atoms with E-state index in [9.17, 15) is 19.5 Å². The van der Waals surface area contributed by atoms with Gasteiger partial charge >= 0.3 is 12.1 Å². The number of rotatable bonds is 8. The first-order valence-electron chi connectivity index (χ1n) is 11.6. The molecule has 2 unspecified atom stereocenters. The maximum absolute atomic E-state index is 12.6. The van der Waals surface area contributed by atoms with Crippen molar-refractivity contribution in [2.75, 3.05) is 11.9 Å². The Balaban J connectivity index is 1.40. The number of anilines is 1. The van der Waals surface area contributed by atoms with Gasteiger partial charge in [0.2, 0.25) is 0 Å². The first-order chi connectivity index (χ1) is 16.9. The molecule has 0 aliphatic heterocycles. The first-order valence-corrected chi connectivity index (χ1v) is 11.6. The van der Waals surface area contributed by atoms with E-state index in [0.717, 1.165) is 22.3 Å². The van der Waals surface area contributed by atoms with Crippen molar-refractivity contribution in [2.24, 2.45) is 5.92 Å². The van der Waals surface area contributed by atoms with Crippen LogP contribution in [0.1, 0.15) is 47.7 Å². The van der Waals surface area contributed by atoms with Crippen LogP contribution in [-0.4, -0.2) is 35.7 Å². The number of ether oxygens (including phenoxy) is 1. The molecule has 35 heavy (non-hydrogen) atoms. The molecular formula is C28H28N2O5. The number of benzene rings is 3. The third-order valence-electron chi connectivity index (χ3n) is 6.48. The molecule has 0 aromatic heterocycles. The molecule has 0 spiro atoms. The average Bonchev–Trinajstić information content (AvgIpc) is 3.19. The molecule has 0 fully saturated rings. The number of carboxylic acids is 1. The lowest BCUT2D eigenvalue weighted by atomic mass is 9.98. The molecule has 0 saturated carbocycles. The van der Waals surface area contributed by atoms with E-state index < -0.39 is 24.0 Å². The monoisotopic (exact) mass is 472 g/mol. The quantitative estimate of drug-likeness (QED) is 0.414. The number of carboxylic acid groups (broad SMARTS) is 1. The molecule has 2 amide bonds. The molecule has 3 N–H and O–H groups in total. The van der Waals surface area contributed by atoms with Crippen molar-refractivity contribution in [3.63, 3.8) is 0 Å². The predicted octanol–water partition coefficient (Wildman–Crippen LogP) is 5.28. The molecule has 4 rings (SSSR count). The van der Waals surface area contributed by atoms with Gasteiger partial charge in [0.15, 0.2) is 0 Å². The lowest BCUT2D eigenvalue weighted by Gasteiger charge is -2.20.